The first-order valence-electron chi connectivity index (χ1n) is 7.91. The van der Waals surface area contributed by atoms with E-state index >= 15 is 0 Å². The number of anilines is 1. The Morgan fingerprint density at radius 3 is 2.54 bits per heavy atom. The number of carbonyl (C=O) groups is 1. The average molecular weight is 328 g/mol. The number of hydrogen-bond donors (Lipinski definition) is 4. The SMILES string of the molecule is CC(C)(Cc1ccccc1)NCC(O)c1ccc(O)c(NC=O)c1. The summed E-state index contributed by atoms with van der Waals surface area (Å²) in [5.41, 5.74) is 1.96. The van der Waals surface area contributed by atoms with Crippen LogP contribution in [0.15, 0.2) is 48.5 Å². The summed E-state index contributed by atoms with van der Waals surface area (Å²) in [6.07, 6.45) is 0.591. The maximum absolute atomic E-state index is 10.5. The number of phenols is 1. The minimum absolute atomic E-state index is 0.0320. The Morgan fingerprint density at radius 2 is 1.88 bits per heavy atom. The van der Waals surface area contributed by atoms with Crippen LogP contribution in [-0.2, 0) is 11.2 Å². The van der Waals surface area contributed by atoms with Gasteiger partial charge in [-0.15, -0.1) is 0 Å². The number of aliphatic hydroxyl groups excluding tert-OH is 1. The van der Waals surface area contributed by atoms with Gasteiger partial charge in [-0.3, -0.25) is 4.79 Å². The van der Waals surface area contributed by atoms with Crippen LogP contribution in [0.3, 0.4) is 0 Å². The second-order valence-corrected chi connectivity index (χ2v) is 6.48. The van der Waals surface area contributed by atoms with Gasteiger partial charge in [-0.2, -0.15) is 0 Å². The van der Waals surface area contributed by atoms with E-state index in [2.05, 4.69) is 36.6 Å². The number of nitrogens with one attached hydrogen (secondary N) is 2. The highest BCUT2D eigenvalue weighted by Crippen LogP contribution is 2.26. The average Bonchev–Trinajstić information content (AvgIpc) is 2.55. The lowest BCUT2D eigenvalue weighted by Gasteiger charge is -2.28. The molecular formula is C19H24N2O3. The van der Waals surface area contributed by atoms with Crippen LogP contribution in [0.4, 0.5) is 5.69 Å². The van der Waals surface area contributed by atoms with Crippen LogP contribution >= 0.6 is 0 Å². The van der Waals surface area contributed by atoms with E-state index in [9.17, 15) is 15.0 Å². The van der Waals surface area contributed by atoms with Crippen molar-refractivity contribution in [1.82, 2.24) is 5.32 Å². The summed E-state index contributed by atoms with van der Waals surface area (Å²) in [6.45, 7) is 4.54. The van der Waals surface area contributed by atoms with Gasteiger partial charge in [-0.25, -0.2) is 0 Å². The van der Waals surface area contributed by atoms with Gasteiger partial charge in [-0.05, 0) is 43.5 Å². The molecule has 0 fully saturated rings. The van der Waals surface area contributed by atoms with Crippen LogP contribution in [-0.4, -0.2) is 28.7 Å². The molecule has 24 heavy (non-hydrogen) atoms. The van der Waals surface area contributed by atoms with E-state index in [4.69, 9.17) is 0 Å². The number of aliphatic hydroxyl groups is 1. The second kappa shape index (κ2) is 7.95. The lowest BCUT2D eigenvalue weighted by Crippen LogP contribution is -2.43. The van der Waals surface area contributed by atoms with Crippen molar-refractivity contribution in [3.8, 4) is 5.75 Å². The van der Waals surface area contributed by atoms with Crippen molar-refractivity contribution in [2.45, 2.75) is 31.9 Å². The minimum Gasteiger partial charge on any atom is -0.506 e. The molecule has 4 N–H and O–H groups in total. The summed E-state index contributed by atoms with van der Waals surface area (Å²) in [6, 6.07) is 14.8. The summed E-state index contributed by atoms with van der Waals surface area (Å²) < 4.78 is 0. The van der Waals surface area contributed by atoms with Crippen LogP contribution < -0.4 is 10.6 Å². The van der Waals surface area contributed by atoms with E-state index in [0.29, 0.717) is 18.5 Å². The Hall–Kier alpha value is -2.37. The highest BCUT2D eigenvalue weighted by Gasteiger charge is 2.20. The number of β-amino-alcohol motifs (C(OH)–C–C–N with tert-alkyl or cyclic N) is 1. The molecule has 5 nitrogen and oxygen atoms in total. The van der Waals surface area contributed by atoms with Crippen molar-refractivity contribution in [2.24, 2.45) is 0 Å². The molecule has 0 radical (unpaired) electrons. The topological polar surface area (TPSA) is 81.6 Å². The van der Waals surface area contributed by atoms with Gasteiger partial charge < -0.3 is 20.8 Å². The normalized spacial score (nSPS) is 12.6. The van der Waals surface area contributed by atoms with Crippen molar-refractivity contribution < 1.29 is 15.0 Å². The fourth-order valence-corrected chi connectivity index (χ4v) is 2.60. The molecule has 128 valence electrons. The molecule has 2 aromatic carbocycles. The van der Waals surface area contributed by atoms with Crippen LogP contribution in [0.1, 0.15) is 31.1 Å². The molecule has 0 aliphatic rings. The molecule has 0 aliphatic heterocycles. The molecular weight excluding hydrogens is 304 g/mol. The van der Waals surface area contributed by atoms with E-state index in [0.717, 1.165) is 6.42 Å². The third kappa shape index (κ3) is 5.08. The monoisotopic (exact) mass is 328 g/mol. The first-order valence-corrected chi connectivity index (χ1v) is 7.91. The molecule has 0 bridgehead atoms. The Labute approximate surface area is 142 Å². The van der Waals surface area contributed by atoms with Crippen molar-refractivity contribution >= 4 is 12.1 Å². The quantitative estimate of drug-likeness (QED) is 0.443. The van der Waals surface area contributed by atoms with Gasteiger partial charge in [0.15, 0.2) is 0 Å². The zero-order valence-electron chi connectivity index (χ0n) is 14.0. The van der Waals surface area contributed by atoms with Crippen molar-refractivity contribution in [1.29, 1.82) is 0 Å². The molecule has 1 unspecified atom stereocenters. The Kier molecular flexibility index (Phi) is 5.95. The molecule has 1 atom stereocenters. The number of benzene rings is 2. The Balaban J connectivity index is 1.98. The number of phenolic OH excluding ortho intramolecular Hbond substituents is 1. The predicted molar refractivity (Wildman–Crippen MR) is 95.0 cm³/mol. The summed E-state index contributed by atoms with van der Waals surface area (Å²) in [5, 5.41) is 25.8. The van der Waals surface area contributed by atoms with Gasteiger partial charge in [0, 0.05) is 12.1 Å². The van der Waals surface area contributed by atoms with E-state index in [1.807, 2.05) is 18.2 Å². The fraction of sp³-hybridized carbons (Fsp3) is 0.316. The van der Waals surface area contributed by atoms with Gasteiger partial charge in [0.1, 0.15) is 5.75 Å². The van der Waals surface area contributed by atoms with Crippen molar-refractivity contribution in [3.05, 3.63) is 59.7 Å². The number of aromatic hydroxyl groups is 1. The van der Waals surface area contributed by atoms with Gasteiger partial charge in [0.05, 0.1) is 11.8 Å². The van der Waals surface area contributed by atoms with Crippen LogP contribution in [0, 0.1) is 0 Å². The Bertz CT molecular complexity index is 672. The number of carbonyl (C=O) groups excluding carboxylic acids is 1. The van der Waals surface area contributed by atoms with Crippen molar-refractivity contribution in [3.63, 3.8) is 0 Å². The minimum atomic E-state index is -0.743. The number of rotatable bonds is 8. The molecule has 0 aromatic heterocycles. The largest absolute Gasteiger partial charge is 0.506 e. The maximum Gasteiger partial charge on any atom is 0.211 e. The second-order valence-electron chi connectivity index (χ2n) is 6.48. The van der Waals surface area contributed by atoms with E-state index in [1.54, 1.807) is 12.1 Å². The first-order chi connectivity index (χ1) is 11.4. The third-order valence-corrected chi connectivity index (χ3v) is 3.88. The lowest BCUT2D eigenvalue weighted by atomic mass is 9.94. The highest BCUT2D eigenvalue weighted by molar-refractivity contribution is 5.75. The van der Waals surface area contributed by atoms with Gasteiger partial charge in [0.25, 0.3) is 0 Å². The molecule has 0 aliphatic carbocycles. The Morgan fingerprint density at radius 1 is 1.17 bits per heavy atom. The molecule has 1 amide bonds. The lowest BCUT2D eigenvalue weighted by molar-refractivity contribution is -0.105. The van der Waals surface area contributed by atoms with Crippen molar-refractivity contribution in [2.75, 3.05) is 11.9 Å². The third-order valence-electron chi connectivity index (χ3n) is 3.88. The fourth-order valence-electron chi connectivity index (χ4n) is 2.60. The van der Waals surface area contributed by atoms with E-state index in [-0.39, 0.29) is 17.0 Å². The van der Waals surface area contributed by atoms with E-state index < -0.39 is 6.10 Å². The zero-order valence-corrected chi connectivity index (χ0v) is 14.0. The molecule has 0 saturated heterocycles. The predicted octanol–water partition coefficient (Wildman–Crippen LogP) is 2.60. The van der Waals surface area contributed by atoms with Gasteiger partial charge in [-0.1, -0.05) is 36.4 Å². The summed E-state index contributed by atoms with van der Waals surface area (Å²) in [7, 11) is 0. The van der Waals surface area contributed by atoms with Crippen LogP contribution in [0.25, 0.3) is 0 Å². The number of amides is 1. The van der Waals surface area contributed by atoms with E-state index in [1.165, 1.54) is 11.6 Å². The molecule has 2 aromatic rings. The summed E-state index contributed by atoms with van der Waals surface area (Å²) in [5.74, 6) is -0.0320. The molecule has 2 rings (SSSR count). The van der Waals surface area contributed by atoms with Gasteiger partial charge in [0.2, 0.25) is 6.41 Å². The maximum atomic E-state index is 10.5. The molecule has 0 heterocycles. The van der Waals surface area contributed by atoms with Gasteiger partial charge >= 0.3 is 0 Å². The molecule has 5 heteroatoms. The highest BCUT2D eigenvalue weighted by atomic mass is 16.3. The standard InChI is InChI=1S/C19H24N2O3/c1-19(2,11-14-6-4-3-5-7-14)21-12-18(24)15-8-9-17(23)16(10-15)20-13-22/h3-10,13,18,21,23-24H,11-12H2,1-2H3,(H,20,22). The zero-order chi connectivity index (χ0) is 17.6. The number of hydrogen-bond acceptors (Lipinski definition) is 4. The summed E-state index contributed by atoms with van der Waals surface area (Å²) in [4.78, 5) is 10.5. The first kappa shape index (κ1) is 18.0. The molecule has 0 spiro atoms. The molecule has 0 saturated carbocycles. The summed E-state index contributed by atoms with van der Waals surface area (Å²) >= 11 is 0. The smallest absolute Gasteiger partial charge is 0.211 e. The van der Waals surface area contributed by atoms with Crippen LogP contribution in [0.5, 0.6) is 5.75 Å². The van der Waals surface area contributed by atoms with Crippen LogP contribution in [0.2, 0.25) is 0 Å².